The van der Waals surface area contributed by atoms with Crippen LogP contribution in [0.4, 0.5) is 0 Å². The molecule has 0 saturated heterocycles. The molecule has 0 heterocycles. The summed E-state index contributed by atoms with van der Waals surface area (Å²) in [5, 5.41) is 0. The second-order valence-electron chi connectivity index (χ2n) is 22.4. The van der Waals surface area contributed by atoms with Gasteiger partial charge in [0, 0.05) is 12.8 Å². The van der Waals surface area contributed by atoms with Crippen molar-refractivity contribution in [3.05, 3.63) is 0 Å². The zero-order chi connectivity index (χ0) is 54.7. The average molecular weight is 1070 g/mol. The molecule has 0 fully saturated rings. The van der Waals surface area contributed by atoms with E-state index in [1.807, 2.05) is 0 Å². The fourth-order valence-electron chi connectivity index (χ4n) is 9.82. The molecule has 9 nitrogen and oxygen atoms in total. The first-order chi connectivity index (χ1) is 36.9. The van der Waals surface area contributed by atoms with Crippen LogP contribution in [0.15, 0.2) is 0 Å². The van der Waals surface area contributed by atoms with Crippen LogP contribution >= 0.6 is 0 Å². The maximum Gasteiger partial charge on any atom is 0.285 e. The highest BCUT2D eigenvalue weighted by molar-refractivity contribution is 4.66. The Morgan fingerprint density at radius 3 is 0.707 bits per heavy atom. The first-order valence-electron chi connectivity index (χ1n) is 33.7. The summed E-state index contributed by atoms with van der Waals surface area (Å²) < 4.78 is 61.1. The van der Waals surface area contributed by atoms with Gasteiger partial charge in [-0.05, 0) is 64.2 Å². The summed E-state index contributed by atoms with van der Waals surface area (Å²) in [7, 11) is 0. The lowest BCUT2D eigenvalue weighted by Gasteiger charge is -2.37. The van der Waals surface area contributed by atoms with E-state index in [1.54, 1.807) is 0 Å². The van der Waals surface area contributed by atoms with Crippen LogP contribution in [0.3, 0.4) is 0 Å². The molecule has 2 atom stereocenters. The Morgan fingerprint density at radius 2 is 0.453 bits per heavy atom. The van der Waals surface area contributed by atoms with E-state index in [4.69, 9.17) is 42.6 Å². The molecule has 0 N–H and O–H groups in total. The summed E-state index contributed by atoms with van der Waals surface area (Å²) in [6, 6.07) is 0. The number of ether oxygens (including phenoxy) is 9. The Morgan fingerprint density at radius 1 is 0.240 bits per heavy atom. The Kier molecular flexibility index (Phi) is 59.5. The van der Waals surface area contributed by atoms with Gasteiger partial charge in [-0.3, -0.25) is 9.47 Å². The Balaban J connectivity index is 6.53. The highest BCUT2D eigenvalue weighted by Crippen LogP contribution is 2.31. The SMILES string of the molecule is CCCCCCCCOC(CCCCCC)(OCCCCCCCC)OC(CCCCCCCC)OCOCOC(CCCCCCCC)OC(CCCCCC)(OCCCCCCCC)OCCCCCCCC. The Hall–Kier alpha value is -0.360. The third kappa shape index (κ3) is 49.2. The third-order valence-electron chi connectivity index (χ3n) is 14.8. The van der Waals surface area contributed by atoms with Gasteiger partial charge in [0.05, 0.1) is 26.4 Å². The van der Waals surface area contributed by atoms with Crippen LogP contribution in [0.2, 0.25) is 0 Å². The quantitative estimate of drug-likeness (QED) is 0.0437. The molecular weight excluding hydrogens is 937 g/mol. The molecule has 0 aromatic rings. The van der Waals surface area contributed by atoms with E-state index in [1.165, 1.54) is 180 Å². The van der Waals surface area contributed by atoms with Gasteiger partial charge in [-0.1, -0.05) is 287 Å². The highest BCUT2D eigenvalue weighted by Gasteiger charge is 2.38. The molecule has 75 heavy (non-hydrogen) atoms. The number of unbranched alkanes of at least 4 members (excludes halogenated alkanes) is 36. The second-order valence-corrected chi connectivity index (χ2v) is 22.4. The van der Waals surface area contributed by atoms with E-state index < -0.39 is 24.5 Å². The van der Waals surface area contributed by atoms with Crippen LogP contribution in [0.25, 0.3) is 0 Å². The van der Waals surface area contributed by atoms with Crippen LogP contribution in [0.5, 0.6) is 0 Å². The maximum atomic E-state index is 7.08. The van der Waals surface area contributed by atoms with E-state index >= 15 is 0 Å². The van der Waals surface area contributed by atoms with E-state index in [2.05, 4.69) is 55.4 Å². The van der Waals surface area contributed by atoms with Gasteiger partial charge in [0.1, 0.15) is 0 Å². The summed E-state index contributed by atoms with van der Waals surface area (Å²) in [5.41, 5.74) is 0. The van der Waals surface area contributed by atoms with Gasteiger partial charge < -0.3 is 33.2 Å². The molecule has 0 aliphatic heterocycles. The fraction of sp³-hybridized carbons (Fsp3) is 1.00. The van der Waals surface area contributed by atoms with Gasteiger partial charge in [-0.15, -0.1) is 0 Å². The molecule has 0 aromatic heterocycles. The molecule has 452 valence electrons. The highest BCUT2D eigenvalue weighted by atomic mass is 16.9. The lowest BCUT2D eigenvalue weighted by Crippen LogP contribution is -2.44. The standard InChI is InChI=1S/C66H134O9/c1-9-17-25-33-39-45-53-63(74-65(55-47-31-23-15-7,70-57-49-41-35-27-19-11-3)71-58-50-42-36-28-20-12-4)68-61-67-62-69-64(54-46-40-34-26-18-10-2)75-66(56-48-32-24-16-8,72-59-51-43-37-29-21-13-5)73-60-52-44-38-30-22-14-6/h63-64H,9-62H2,1-8H3. The van der Waals surface area contributed by atoms with Crippen LogP contribution < -0.4 is 0 Å². The van der Waals surface area contributed by atoms with Crippen LogP contribution in [0.1, 0.15) is 364 Å². The maximum absolute atomic E-state index is 7.08. The third-order valence-corrected chi connectivity index (χ3v) is 14.8. The fourth-order valence-corrected chi connectivity index (χ4v) is 9.82. The lowest BCUT2D eigenvalue weighted by molar-refractivity contribution is -0.432. The molecule has 0 rings (SSSR count). The van der Waals surface area contributed by atoms with Gasteiger partial charge in [0.15, 0.2) is 26.2 Å². The Bertz CT molecular complexity index is 947. The first kappa shape index (κ1) is 74.6. The van der Waals surface area contributed by atoms with E-state index in [0.717, 1.165) is 116 Å². The van der Waals surface area contributed by atoms with Crippen molar-refractivity contribution < 1.29 is 42.6 Å². The summed E-state index contributed by atoms with van der Waals surface area (Å²) in [6.07, 6.45) is 54.1. The largest absolute Gasteiger partial charge is 0.329 e. The van der Waals surface area contributed by atoms with Crippen molar-refractivity contribution in [2.24, 2.45) is 0 Å². The van der Waals surface area contributed by atoms with Crippen molar-refractivity contribution in [1.29, 1.82) is 0 Å². The smallest absolute Gasteiger partial charge is 0.285 e. The number of hydrogen-bond acceptors (Lipinski definition) is 9. The van der Waals surface area contributed by atoms with Crippen molar-refractivity contribution in [1.82, 2.24) is 0 Å². The summed E-state index contributed by atoms with van der Waals surface area (Å²) in [6.45, 7) is 20.8. The molecular formula is C66H134O9. The van der Waals surface area contributed by atoms with Gasteiger partial charge in [0.25, 0.3) is 11.9 Å². The molecule has 0 spiro atoms. The van der Waals surface area contributed by atoms with Crippen molar-refractivity contribution in [3.8, 4) is 0 Å². The predicted octanol–water partition coefficient (Wildman–Crippen LogP) is 21.9. The summed E-state index contributed by atoms with van der Waals surface area (Å²) in [5.74, 6) is -2.29. The molecule has 0 radical (unpaired) electrons. The number of hydrogen-bond donors (Lipinski definition) is 0. The van der Waals surface area contributed by atoms with Gasteiger partial charge >= 0.3 is 0 Å². The van der Waals surface area contributed by atoms with E-state index in [-0.39, 0.29) is 13.6 Å². The molecule has 0 aliphatic rings. The minimum absolute atomic E-state index is 0.0379. The molecule has 0 aromatic carbocycles. The van der Waals surface area contributed by atoms with Crippen LogP contribution in [-0.4, -0.2) is 64.5 Å². The summed E-state index contributed by atoms with van der Waals surface area (Å²) in [4.78, 5) is 0. The molecule has 0 aliphatic carbocycles. The van der Waals surface area contributed by atoms with Gasteiger partial charge in [-0.2, -0.15) is 0 Å². The van der Waals surface area contributed by atoms with Crippen molar-refractivity contribution >= 4 is 0 Å². The minimum Gasteiger partial charge on any atom is -0.329 e. The summed E-state index contributed by atoms with van der Waals surface area (Å²) >= 11 is 0. The molecule has 0 amide bonds. The topological polar surface area (TPSA) is 83.1 Å². The van der Waals surface area contributed by atoms with Crippen molar-refractivity contribution in [3.63, 3.8) is 0 Å². The molecule has 0 saturated carbocycles. The molecule has 9 heteroatoms. The van der Waals surface area contributed by atoms with Crippen molar-refractivity contribution in [2.45, 2.75) is 388 Å². The average Bonchev–Trinajstić information content (AvgIpc) is 3.41. The zero-order valence-corrected chi connectivity index (χ0v) is 52.0. The van der Waals surface area contributed by atoms with Gasteiger partial charge in [-0.25, -0.2) is 0 Å². The monoisotopic (exact) mass is 1070 g/mol. The van der Waals surface area contributed by atoms with Crippen LogP contribution in [-0.2, 0) is 42.6 Å². The zero-order valence-electron chi connectivity index (χ0n) is 52.0. The lowest BCUT2D eigenvalue weighted by atomic mass is 10.1. The number of rotatable bonds is 66. The Labute approximate surface area is 468 Å². The molecule has 2 unspecified atom stereocenters. The van der Waals surface area contributed by atoms with E-state index in [9.17, 15) is 0 Å². The second kappa shape index (κ2) is 59.8. The first-order valence-corrected chi connectivity index (χ1v) is 33.7. The van der Waals surface area contributed by atoms with Gasteiger partial charge in [0.2, 0.25) is 0 Å². The van der Waals surface area contributed by atoms with Crippen molar-refractivity contribution in [2.75, 3.05) is 40.0 Å². The molecule has 0 bridgehead atoms. The minimum atomic E-state index is -1.15. The normalized spacial score (nSPS) is 13.1. The van der Waals surface area contributed by atoms with Crippen LogP contribution in [0, 0.1) is 0 Å². The predicted molar refractivity (Wildman–Crippen MR) is 319 cm³/mol. The van der Waals surface area contributed by atoms with E-state index in [0.29, 0.717) is 39.3 Å².